The Bertz CT molecular complexity index is 343. The number of carbonyl (C=O) groups is 1. The van der Waals surface area contributed by atoms with E-state index in [9.17, 15) is 4.79 Å². The van der Waals surface area contributed by atoms with Crippen molar-refractivity contribution in [1.82, 2.24) is 5.32 Å². The van der Waals surface area contributed by atoms with Crippen molar-refractivity contribution in [1.29, 1.82) is 0 Å². The molecule has 0 aromatic carbocycles. The summed E-state index contributed by atoms with van der Waals surface area (Å²) in [6, 6.07) is 0. The maximum Gasteiger partial charge on any atom is 0.226 e. The first-order chi connectivity index (χ1) is 8.41. The maximum atomic E-state index is 12.6. The van der Waals surface area contributed by atoms with Gasteiger partial charge in [-0.25, -0.2) is 0 Å². The molecule has 0 heterocycles. The molecule has 2 aliphatic carbocycles. The van der Waals surface area contributed by atoms with Gasteiger partial charge in [0.15, 0.2) is 0 Å². The molecule has 3 unspecified atom stereocenters. The van der Waals surface area contributed by atoms with E-state index in [-0.39, 0.29) is 10.8 Å². The van der Waals surface area contributed by atoms with E-state index in [2.05, 4.69) is 26.1 Å². The minimum atomic E-state index is -0.0770. The molecular weight excluding hydrogens is 224 g/mol. The zero-order valence-electron chi connectivity index (χ0n) is 12.1. The first-order valence-electron chi connectivity index (χ1n) is 7.40. The van der Waals surface area contributed by atoms with Crippen LogP contribution in [0.2, 0.25) is 0 Å². The smallest absolute Gasteiger partial charge is 0.226 e. The van der Waals surface area contributed by atoms with Crippen molar-refractivity contribution in [2.45, 2.75) is 59.3 Å². The van der Waals surface area contributed by atoms with E-state index in [1.807, 2.05) is 0 Å². The van der Waals surface area contributed by atoms with Crippen LogP contribution in [0.4, 0.5) is 0 Å². The lowest BCUT2D eigenvalue weighted by atomic mass is 9.51. The van der Waals surface area contributed by atoms with Gasteiger partial charge in [-0.1, -0.05) is 27.2 Å². The van der Waals surface area contributed by atoms with Crippen LogP contribution in [-0.2, 0) is 4.79 Å². The minimum absolute atomic E-state index is 0.0770. The van der Waals surface area contributed by atoms with Crippen LogP contribution in [0, 0.1) is 16.2 Å². The molecule has 2 aliphatic rings. The monoisotopic (exact) mass is 252 g/mol. The molecule has 3 atom stereocenters. The number of nitrogens with two attached hydrogens (primary N) is 1. The van der Waals surface area contributed by atoms with Gasteiger partial charge in [0.05, 0.1) is 5.41 Å². The molecule has 3 N–H and O–H groups in total. The van der Waals surface area contributed by atoms with E-state index >= 15 is 0 Å². The summed E-state index contributed by atoms with van der Waals surface area (Å²) in [5, 5.41) is 3.12. The predicted octanol–water partition coefficient (Wildman–Crippen LogP) is 2.45. The standard InChI is InChI=1S/C15H28N2O/c1-4-13(2)10-14(3)6-7-15(14,11-13)12(18)17-9-5-8-16/h4-11,16H2,1-3H3,(H,17,18). The Kier molecular flexibility index (Phi) is 3.48. The van der Waals surface area contributed by atoms with Gasteiger partial charge in [-0.15, -0.1) is 0 Å². The van der Waals surface area contributed by atoms with E-state index in [0.717, 1.165) is 25.8 Å². The predicted molar refractivity (Wildman–Crippen MR) is 74.1 cm³/mol. The third-order valence-electron chi connectivity index (χ3n) is 5.76. The second-order valence-corrected chi connectivity index (χ2v) is 7.06. The molecule has 2 rings (SSSR count). The lowest BCUT2D eigenvalue weighted by molar-refractivity contribution is -0.148. The number of hydrogen-bond acceptors (Lipinski definition) is 2. The normalized spacial score (nSPS) is 42.2. The molecule has 104 valence electrons. The van der Waals surface area contributed by atoms with Crippen molar-refractivity contribution >= 4 is 5.91 Å². The molecule has 2 fully saturated rings. The average molecular weight is 252 g/mol. The number of hydrogen-bond donors (Lipinski definition) is 2. The molecule has 0 radical (unpaired) electrons. The molecular formula is C15H28N2O. The first kappa shape index (κ1) is 13.9. The largest absolute Gasteiger partial charge is 0.356 e. The number of amides is 1. The van der Waals surface area contributed by atoms with Crippen LogP contribution in [0.25, 0.3) is 0 Å². The van der Waals surface area contributed by atoms with Gasteiger partial charge in [0.25, 0.3) is 0 Å². The fraction of sp³-hybridized carbons (Fsp3) is 0.933. The molecule has 0 bridgehead atoms. The summed E-state index contributed by atoms with van der Waals surface area (Å²) in [6.07, 6.45) is 6.63. The van der Waals surface area contributed by atoms with Crippen molar-refractivity contribution in [3.8, 4) is 0 Å². The fourth-order valence-corrected chi connectivity index (χ4v) is 4.34. The Labute approximate surface area is 111 Å². The topological polar surface area (TPSA) is 55.1 Å². The van der Waals surface area contributed by atoms with Crippen LogP contribution in [-0.4, -0.2) is 19.0 Å². The van der Waals surface area contributed by atoms with E-state index in [4.69, 9.17) is 5.73 Å². The Morgan fingerprint density at radius 2 is 2.00 bits per heavy atom. The summed E-state index contributed by atoms with van der Waals surface area (Å²) in [4.78, 5) is 12.6. The minimum Gasteiger partial charge on any atom is -0.356 e. The average Bonchev–Trinajstić information content (AvgIpc) is 2.49. The highest BCUT2D eigenvalue weighted by Gasteiger charge is 2.67. The maximum absolute atomic E-state index is 12.6. The van der Waals surface area contributed by atoms with Crippen LogP contribution in [0.1, 0.15) is 59.3 Å². The lowest BCUT2D eigenvalue weighted by Crippen LogP contribution is -2.55. The number of carbonyl (C=O) groups excluding carboxylic acids is 1. The van der Waals surface area contributed by atoms with Crippen LogP contribution in [0.15, 0.2) is 0 Å². The Balaban J connectivity index is 2.08. The van der Waals surface area contributed by atoms with Gasteiger partial charge in [-0.3, -0.25) is 4.79 Å². The Morgan fingerprint density at radius 1 is 1.28 bits per heavy atom. The van der Waals surface area contributed by atoms with Crippen molar-refractivity contribution < 1.29 is 4.79 Å². The van der Waals surface area contributed by atoms with Gasteiger partial charge >= 0.3 is 0 Å². The molecule has 0 aromatic rings. The van der Waals surface area contributed by atoms with Crippen LogP contribution >= 0.6 is 0 Å². The summed E-state index contributed by atoms with van der Waals surface area (Å²) in [7, 11) is 0. The fourth-order valence-electron chi connectivity index (χ4n) is 4.34. The molecule has 0 saturated heterocycles. The van der Waals surface area contributed by atoms with Crippen molar-refractivity contribution in [2.24, 2.45) is 22.0 Å². The summed E-state index contributed by atoms with van der Waals surface area (Å²) in [5.41, 5.74) is 6.00. The molecule has 1 amide bonds. The van der Waals surface area contributed by atoms with Gasteiger partial charge in [-0.2, -0.15) is 0 Å². The highest BCUT2D eigenvalue weighted by atomic mass is 16.2. The highest BCUT2D eigenvalue weighted by molar-refractivity contribution is 5.85. The zero-order valence-corrected chi connectivity index (χ0v) is 12.1. The molecule has 3 heteroatoms. The third-order valence-corrected chi connectivity index (χ3v) is 5.76. The molecule has 0 aliphatic heterocycles. The second kappa shape index (κ2) is 4.52. The number of nitrogens with one attached hydrogen (secondary N) is 1. The molecule has 2 saturated carbocycles. The van der Waals surface area contributed by atoms with E-state index < -0.39 is 0 Å². The summed E-state index contributed by atoms with van der Waals surface area (Å²) in [5.74, 6) is 0.293. The van der Waals surface area contributed by atoms with Crippen LogP contribution in [0.5, 0.6) is 0 Å². The Hall–Kier alpha value is -0.570. The van der Waals surface area contributed by atoms with Crippen molar-refractivity contribution in [3.63, 3.8) is 0 Å². The molecule has 0 aromatic heterocycles. The zero-order chi connectivity index (χ0) is 13.4. The number of rotatable bonds is 5. The van der Waals surface area contributed by atoms with Crippen molar-refractivity contribution in [2.75, 3.05) is 13.1 Å². The highest BCUT2D eigenvalue weighted by Crippen LogP contribution is 2.72. The SMILES string of the molecule is CCC1(C)CC2(C)CCC2(C(=O)NCCCN)C1. The van der Waals surface area contributed by atoms with Crippen LogP contribution in [0.3, 0.4) is 0 Å². The second-order valence-electron chi connectivity index (χ2n) is 7.06. The van der Waals surface area contributed by atoms with Gasteiger partial charge < -0.3 is 11.1 Å². The summed E-state index contributed by atoms with van der Waals surface area (Å²) in [6.45, 7) is 8.31. The summed E-state index contributed by atoms with van der Waals surface area (Å²) < 4.78 is 0. The molecule has 3 nitrogen and oxygen atoms in total. The molecule has 18 heavy (non-hydrogen) atoms. The quantitative estimate of drug-likeness (QED) is 0.738. The van der Waals surface area contributed by atoms with Gasteiger partial charge in [-0.05, 0) is 49.5 Å². The molecule has 0 spiro atoms. The Morgan fingerprint density at radius 3 is 2.50 bits per heavy atom. The van der Waals surface area contributed by atoms with E-state index in [1.54, 1.807) is 0 Å². The lowest BCUT2D eigenvalue weighted by Gasteiger charge is -2.52. The van der Waals surface area contributed by atoms with Gasteiger partial charge in [0.2, 0.25) is 5.91 Å². The third kappa shape index (κ3) is 1.87. The summed E-state index contributed by atoms with van der Waals surface area (Å²) >= 11 is 0. The first-order valence-corrected chi connectivity index (χ1v) is 7.40. The van der Waals surface area contributed by atoms with Crippen molar-refractivity contribution in [3.05, 3.63) is 0 Å². The van der Waals surface area contributed by atoms with E-state index in [1.165, 1.54) is 19.3 Å². The van der Waals surface area contributed by atoms with E-state index in [0.29, 0.717) is 17.9 Å². The van der Waals surface area contributed by atoms with Gasteiger partial charge in [0, 0.05) is 6.54 Å². The van der Waals surface area contributed by atoms with Gasteiger partial charge in [0.1, 0.15) is 0 Å². The van der Waals surface area contributed by atoms with Crippen LogP contribution < -0.4 is 11.1 Å². The number of fused-ring (bicyclic) bond motifs is 1.